The number of rotatable bonds is 4. The molecule has 1 rings (SSSR count). The van der Waals surface area contributed by atoms with Crippen molar-refractivity contribution in [1.29, 1.82) is 0 Å². The van der Waals surface area contributed by atoms with Crippen LogP contribution in [0.4, 0.5) is 0 Å². The van der Waals surface area contributed by atoms with Gasteiger partial charge in [-0.05, 0) is 0 Å². The molecule has 0 aromatic rings. The van der Waals surface area contributed by atoms with Crippen molar-refractivity contribution >= 4 is 17.2 Å². The Morgan fingerprint density at radius 1 is 1.00 bits per heavy atom. The molecule has 0 saturated carbocycles. The molecule has 104 valence electrons. The van der Waals surface area contributed by atoms with E-state index in [9.17, 15) is 10.2 Å². The van der Waals surface area contributed by atoms with Crippen molar-refractivity contribution in [3.8, 4) is 0 Å². The summed E-state index contributed by atoms with van der Waals surface area (Å²) in [4.78, 5) is 0. The molecule has 1 saturated heterocycles. The van der Waals surface area contributed by atoms with Gasteiger partial charge in [0, 0.05) is 0 Å². The van der Waals surface area contributed by atoms with Crippen molar-refractivity contribution in [2.24, 2.45) is 11.8 Å². The molecular weight excluding hydrogens is 255 g/mol. The molecule has 0 aromatic carbocycles. The molecule has 1 fully saturated rings. The Bertz CT molecular complexity index is 244. The number of aliphatic hydroxyl groups excluding tert-OH is 2. The molecule has 0 aliphatic carbocycles. The van der Waals surface area contributed by atoms with Crippen LogP contribution in [0.15, 0.2) is 0 Å². The number of aliphatic hydroxyl groups is 2. The third-order valence-corrected chi connectivity index (χ3v) is 12.5. The Kier molecular flexibility index (Phi) is 4.92. The molecule has 0 bridgehead atoms. The average molecular weight is 283 g/mol. The third-order valence-electron chi connectivity index (χ3n) is 3.89. The summed E-state index contributed by atoms with van der Waals surface area (Å²) in [6, 6.07) is 0. The van der Waals surface area contributed by atoms with E-state index < -0.39 is 17.6 Å². The minimum atomic E-state index is -2.92. The van der Waals surface area contributed by atoms with Crippen molar-refractivity contribution in [3.63, 3.8) is 0 Å². The zero-order chi connectivity index (χ0) is 13.3. The van der Waals surface area contributed by atoms with Crippen LogP contribution in [0.1, 0.15) is 47.0 Å². The van der Waals surface area contributed by atoms with E-state index in [0.717, 1.165) is 31.6 Å². The fourth-order valence-corrected chi connectivity index (χ4v) is 12.1. The Hall–Kier alpha value is 0.640. The van der Waals surface area contributed by atoms with Gasteiger partial charge in [0.2, 0.25) is 0 Å². The van der Waals surface area contributed by atoms with Crippen LogP contribution >= 0.6 is 17.2 Å². The zero-order valence-corrected chi connectivity index (χ0v) is 13.2. The van der Waals surface area contributed by atoms with Crippen molar-refractivity contribution < 1.29 is 10.2 Å². The molecule has 1 heterocycles. The van der Waals surface area contributed by atoms with Crippen LogP contribution in [0.3, 0.4) is 0 Å². The molecule has 0 aromatic heterocycles. The second-order valence-electron chi connectivity index (χ2n) is 6.58. The summed E-state index contributed by atoms with van der Waals surface area (Å²) in [5.74, 6) is -3.03. The second kappa shape index (κ2) is 5.33. The van der Waals surface area contributed by atoms with Gasteiger partial charge in [-0.1, -0.05) is 0 Å². The Balaban J connectivity index is 3.13. The van der Waals surface area contributed by atoms with Gasteiger partial charge in [-0.25, -0.2) is 0 Å². The average Bonchev–Trinajstić information content (AvgIpc) is 2.12. The molecule has 4 heteroatoms. The van der Waals surface area contributed by atoms with Crippen molar-refractivity contribution in [2.75, 3.05) is 12.3 Å². The number of halogens is 1. The predicted octanol–water partition coefficient (Wildman–Crippen LogP) is 3.83. The van der Waals surface area contributed by atoms with E-state index in [1.807, 2.05) is 0 Å². The normalized spacial score (nSPS) is 34.5. The van der Waals surface area contributed by atoms with Crippen LogP contribution < -0.4 is 0 Å². The van der Waals surface area contributed by atoms with Gasteiger partial charge in [0.25, 0.3) is 0 Å². The van der Waals surface area contributed by atoms with Gasteiger partial charge in [0.05, 0.1) is 0 Å². The Labute approximate surface area is 110 Å². The summed E-state index contributed by atoms with van der Waals surface area (Å²) >= 11 is 7.06. The fourth-order valence-electron chi connectivity index (χ4n) is 3.49. The maximum absolute atomic E-state index is 10.5. The summed E-state index contributed by atoms with van der Waals surface area (Å²) in [7, 11) is 0. The van der Waals surface area contributed by atoms with Gasteiger partial charge in [0.1, 0.15) is 0 Å². The summed E-state index contributed by atoms with van der Waals surface area (Å²) in [6.45, 7) is 8.52. The predicted molar refractivity (Wildman–Crippen MR) is 78.0 cm³/mol. The first-order chi connectivity index (χ1) is 7.69. The number of hydrogen-bond acceptors (Lipinski definition) is 2. The van der Waals surface area contributed by atoms with Crippen molar-refractivity contribution in [1.82, 2.24) is 0 Å². The fraction of sp³-hybridized carbons (Fsp3) is 1.00. The number of hydrogen-bond donors (Lipinski definition) is 2. The molecule has 2 nitrogen and oxygen atoms in total. The molecule has 1 aliphatic heterocycles. The van der Waals surface area contributed by atoms with Crippen LogP contribution in [-0.2, 0) is 0 Å². The minimum absolute atomic E-state index is 0.423. The molecule has 17 heavy (non-hydrogen) atoms. The van der Waals surface area contributed by atoms with E-state index in [-0.39, 0.29) is 0 Å². The summed E-state index contributed by atoms with van der Waals surface area (Å²) in [6.07, 6.45) is 4.01. The molecular formula is C13H28ClO2P. The first-order valence-electron chi connectivity index (χ1n) is 6.78. The van der Waals surface area contributed by atoms with E-state index in [1.54, 1.807) is 0 Å². The molecule has 0 radical (unpaired) electrons. The summed E-state index contributed by atoms with van der Waals surface area (Å²) in [5, 5.41) is 21.0. The SMILES string of the molecule is CC(C)CP1(Cl)(CC(C)C)C(O)CCCC1O. The van der Waals surface area contributed by atoms with Crippen LogP contribution in [-0.4, -0.2) is 34.2 Å². The maximum atomic E-state index is 10.5. The topological polar surface area (TPSA) is 40.5 Å². The Morgan fingerprint density at radius 3 is 1.65 bits per heavy atom. The quantitative estimate of drug-likeness (QED) is 0.770. The van der Waals surface area contributed by atoms with Crippen LogP contribution in [0.5, 0.6) is 0 Å². The monoisotopic (exact) mass is 282 g/mol. The van der Waals surface area contributed by atoms with Gasteiger partial charge in [-0.3, -0.25) is 0 Å². The Morgan fingerprint density at radius 2 is 1.35 bits per heavy atom. The van der Waals surface area contributed by atoms with Crippen molar-refractivity contribution in [2.45, 2.75) is 58.6 Å². The van der Waals surface area contributed by atoms with Gasteiger partial charge >= 0.3 is 110 Å². The van der Waals surface area contributed by atoms with Crippen LogP contribution in [0.2, 0.25) is 0 Å². The molecule has 2 atom stereocenters. The molecule has 2 N–H and O–H groups in total. The molecule has 0 spiro atoms. The van der Waals surface area contributed by atoms with Gasteiger partial charge in [-0.2, -0.15) is 0 Å². The first kappa shape index (κ1) is 15.7. The summed E-state index contributed by atoms with van der Waals surface area (Å²) in [5.41, 5.74) is 0. The molecule has 0 amide bonds. The third kappa shape index (κ3) is 2.97. The standard InChI is InChI=1S/C13H28ClO2P/c1-10(2)8-17(14,9-11(3)4)12(15)6-5-7-13(17)16/h10-13,15-16H,5-9H2,1-4H3. The van der Waals surface area contributed by atoms with Gasteiger partial charge < -0.3 is 0 Å². The van der Waals surface area contributed by atoms with E-state index >= 15 is 0 Å². The van der Waals surface area contributed by atoms with Crippen molar-refractivity contribution in [3.05, 3.63) is 0 Å². The summed E-state index contributed by atoms with van der Waals surface area (Å²) < 4.78 is 0. The van der Waals surface area contributed by atoms with E-state index in [0.29, 0.717) is 11.8 Å². The molecule has 2 unspecified atom stereocenters. The van der Waals surface area contributed by atoms with E-state index in [2.05, 4.69) is 27.7 Å². The van der Waals surface area contributed by atoms with Crippen LogP contribution in [0.25, 0.3) is 0 Å². The van der Waals surface area contributed by atoms with Gasteiger partial charge in [-0.15, -0.1) is 0 Å². The zero-order valence-electron chi connectivity index (χ0n) is 11.6. The van der Waals surface area contributed by atoms with Gasteiger partial charge in [0.15, 0.2) is 0 Å². The second-order valence-corrected chi connectivity index (χ2v) is 14.2. The first-order valence-corrected chi connectivity index (χ1v) is 10.4. The molecule has 1 aliphatic rings. The van der Waals surface area contributed by atoms with Crippen LogP contribution in [0, 0.1) is 11.8 Å². The van der Waals surface area contributed by atoms with E-state index in [4.69, 9.17) is 11.2 Å². The van der Waals surface area contributed by atoms with E-state index in [1.165, 1.54) is 0 Å².